The van der Waals surface area contributed by atoms with Crippen molar-refractivity contribution in [1.29, 1.82) is 0 Å². The molecule has 0 aliphatic rings. The Morgan fingerprint density at radius 3 is 2.65 bits per heavy atom. The van der Waals surface area contributed by atoms with Crippen LogP contribution in [0.25, 0.3) is 6.08 Å². The Labute approximate surface area is 134 Å². The van der Waals surface area contributed by atoms with Crippen LogP contribution in [0.1, 0.15) is 11.1 Å². The number of nitrogens with one attached hydrogen (secondary N) is 1. The fourth-order valence-corrected chi connectivity index (χ4v) is 1.85. The molecule has 0 aliphatic heterocycles. The summed E-state index contributed by atoms with van der Waals surface area (Å²) in [5.41, 5.74) is 1.87. The lowest BCUT2D eigenvalue weighted by Gasteiger charge is -2.14. The molecule has 1 N–H and O–H groups in total. The van der Waals surface area contributed by atoms with E-state index >= 15 is 0 Å². The van der Waals surface area contributed by atoms with Crippen molar-refractivity contribution in [2.24, 2.45) is 0 Å². The quantitative estimate of drug-likeness (QED) is 0.856. The molecule has 0 aromatic carbocycles. The molecule has 2 amide bonds. The van der Waals surface area contributed by atoms with Gasteiger partial charge >= 0.3 is 0 Å². The average Bonchev–Trinajstić information content (AvgIpc) is 2.53. The maximum absolute atomic E-state index is 12.0. The van der Waals surface area contributed by atoms with Crippen LogP contribution in [-0.2, 0) is 9.59 Å². The highest BCUT2D eigenvalue weighted by Crippen LogP contribution is 2.05. The molecule has 0 bridgehead atoms. The topological polar surface area (TPSA) is 75.2 Å². The van der Waals surface area contributed by atoms with E-state index in [1.807, 2.05) is 13.0 Å². The third-order valence-electron chi connectivity index (χ3n) is 3.06. The first kappa shape index (κ1) is 16.4. The second-order valence-corrected chi connectivity index (χ2v) is 5.07. The number of amides is 2. The fourth-order valence-electron chi connectivity index (χ4n) is 1.85. The van der Waals surface area contributed by atoms with Crippen LogP contribution in [0.3, 0.4) is 0 Å². The van der Waals surface area contributed by atoms with Crippen molar-refractivity contribution in [1.82, 2.24) is 14.9 Å². The number of nitrogens with zero attached hydrogens (tertiary/aromatic N) is 3. The summed E-state index contributed by atoms with van der Waals surface area (Å²) < 4.78 is 0. The Bertz CT molecular complexity index is 714. The summed E-state index contributed by atoms with van der Waals surface area (Å²) in [5, 5.41) is 2.67. The number of anilines is 1. The Balaban J connectivity index is 1.88. The molecule has 2 aromatic rings. The van der Waals surface area contributed by atoms with E-state index in [1.54, 1.807) is 49.9 Å². The predicted octanol–water partition coefficient (Wildman–Crippen LogP) is 1.90. The molecule has 0 saturated heterocycles. The van der Waals surface area contributed by atoms with Gasteiger partial charge in [0.05, 0.1) is 6.54 Å². The Kier molecular flexibility index (Phi) is 5.57. The third kappa shape index (κ3) is 5.35. The minimum Gasteiger partial charge on any atom is -0.333 e. The summed E-state index contributed by atoms with van der Waals surface area (Å²) in [7, 11) is 1.57. The highest BCUT2D eigenvalue weighted by Gasteiger charge is 2.11. The third-order valence-corrected chi connectivity index (χ3v) is 3.06. The van der Waals surface area contributed by atoms with Gasteiger partial charge in [-0.2, -0.15) is 0 Å². The summed E-state index contributed by atoms with van der Waals surface area (Å²) in [6.45, 7) is 1.87. The van der Waals surface area contributed by atoms with Gasteiger partial charge in [0.15, 0.2) is 0 Å². The van der Waals surface area contributed by atoms with Crippen LogP contribution >= 0.6 is 0 Å². The molecule has 0 radical (unpaired) electrons. The molecule has 0 atom stereocenters. The highest BCUT2D eigenvalue weighted by molar-refractivity contribution is 5.97. The number of aryl methyl sites for hydroxylation is 1. The molecule has 6 nitrogen and oxygen atoms in total. The number of hydrogen-bond donors (Lipinski definition) is 1. The van der Waals surface area contributed by atoms with E-state index in [4.69, 9.17) is 0 Å². The van der Waals surface area contributed by atoms with Crippen LogP contribution in [0.4, 0.5) is 5.82 Å². The van der Waals surface area contributed by atoms with Gasteiger partial charge in [0.1, 0.15) is 5.82 Å². The first-order valence-corrected chi connectivity index (χ1v) is 7.10. The van der Waals surface area contributed by atoms with Crippen molar-refractivity contribution >= 4 is 23.7 Å². The smallest absolute Gasteiger partial charge is 0.246 e. The molecular formula is C17H18N4O2. The van der Waals surface area contributed by atoms with E-state index < -0.39 is 0 Å². The van der Waals surface area contributed by atoms with Crippen molar-refractivity contribution < 1.29 is 9.59 Å². The van der Waals surface area contributed by atoms with Crippen LogP contribution in [0.5, 0.6) is 0 Å². The lowest BCUT2D eigenvalue weighted by atomic mass is 10.2. The lowest BCUT2D eigenvalue weighted by Crippen LogP contribution is -2.34. The minimum absolute atomic E-state index is 0.0465. The first-order valence-electron chi connectivity index (χ1n) is 7.10. The molecule has 0 saturated carbocycles. The zero-order chi connectivity index (χ0) is 16.7. The summed E-state index contributed by atoms with van der Waals surface area (Å²) >= 11 is 0. The number of rotatable bonds is 5. The van der Waals surface area contributed by atoms with Gasteiger partial charge in [0, 0.05) is 31.7 Å². The molecule has 23 heavy (non-hydrogen) atoms. The highest BCUT2D eigenvalue weighted by atomic mass is 16.2. The zero-order valence-corrected chi connectivity index (χ0v) is 13.1. The maximum Gasteiger partial charge on any atom is 0.246 e. The number of carbonyl (C=O) groups excluding carboxylic acids is 2. The van der Waals surface area contributed by atoms with Crippen LogP contribution in [0.15, 0.2) is 48.9 Å². The normalized spacial score (nSPS) is 10.5. The van der Waals surface area contributed by atoms with Crippen molar-refractivity contribution in [2.45, 2.75) is 6.92 Å². The van der Waals surface area contributed by atoms with E-state index in [-0.39, 0.29) is 18.4 Å². The van der Waals surface area contributed by atoms with Crippen molar-refractivity contribution in [2.75, 3.05) is 18.9 Å². The summed E-state index contributed by atoms with van der Waals surface area (Å²) in [6, 6.07) is 7.19. The van der Waals surface area contributed by atoms with Gasteiger partial charge in [-0.1, -0.05) is 0 Å². The number of carbonyl (C=O) groups is 2. The summed E-state index contributed by atoms with van der Waals surface area (Å²) in [5.74, 6) is -0.0754. The zero-order valence-electron chi connectivity index (χ0n) is 13.1. The molecule has 0 fully saturated rings. The van der Waals surface area contributed by atoms with Gasteiger partial charge in [-0.05, 0) is 48.4 Å². The predicted molar refractivity (Wildman–Crippen MR) is 88.5 cm³/mol. The van der Waals surface area contributed by atoms with Crippen LogP contribution < -0.4 is 5.32 Å². The maximum atomic E-state index is 12.0. The first-order chi connectivity index (χ1) is 11.0. The molecule has 0 aliphatic carbocycles. The van der Waals surface area contributed by atoms with Crippen molar-refractivity contribution in [3.05, 3.63) is 60.1 Å². The van der Waals surface area contributed by atoms with E-state index in [9.17, 15) is 9.59 Å². The van der Waals surface area contributed by atoms with Crippen molar-refractivity contribution in [3.63, 3.8) is 0 Å². The number of hydrogen-bond acceptors (Lipinski definition) is 4. The van der Waals surface area contributed by atoms with Gasteiger partial charge in [-0.15, -0.1) is 0 Å². The Morgan fingerprint density at radius 1 is 1.22 bits per heavy atom. The van der Waals surface area contributed by atoms with E-state index in [0.717, 1.165) is 11.1 Å². The van der Waals surface area contributed by atoms with Gasteiger partial charge in [-0.25, -0.2) is 4.98 Å². The molecule has 2 rings (SSSR count). The van der Waals surface area contributed by atoms with Gasteiger partial charge in [0.25, 0.3) is 0 Å². The van der Waals surface area contributed by atoms with Crippen molar-refractivity contribution in [3.8, 4) is 0 Å². The summed E-state index contributed by atoms with van der Waals surface area (Å²) in [6.07, 6.45) is 8.03. The molecule has 118 valence electrons. The largest absolute Gasteiger partial charge is 0.333 e. The van der Waals surface area contributed by atoms with Crippen LogP contribution in [0.2, 0.25) is 0 Å². The lowest BCUT2D eigenvalue weighted by molar-refractivity contribution is -0.129. The summed E-state index contributed by atoms with van der Waals surface area (Å²) in [4.78, 5) is 33.2. The van der Waals surface area contributed by atoms with Gasteiger partial charge in [0.2, 0.25) is 11.8 Å². The number of likely N-dealkylation sites (N-methyl/N-ethyl adjacent to an activating group) is 1. The SMILES string of the molecule is Cc1ccnc(NC(=O)CN(C)C(=O)/C=C/c2ccncc2)c1. The Hall–Kier alpha value is -3.02. The molecule has 6 heteroatoms. The monoisotopic (exact) mass is 310 g/mol. The number of pyridine rings is 2. The second-order valence-electron chi connectivity index (χ2n) is 5.07. The van der Waals surface area contributed by atoms with E-state index in [1.165, 1.54) is 11.0 Å². The molecule has 2 heterocycles. The second kappa shape index (κ2) is 7.84. The van der Waals surface area contributed by atoms with Gasteiger partial charge < -0.3 is 10.2 Å². The average molecular weight is 310 g/mol. The fraction of sp³-hybridized carbons (Fsp3) is 0.176. The van der Waals surface area contributed by atoms with Crippen LogP contribution in [0, 0.1) is 6.92 Å². The van der Waals surface area contributed by atoms with E-state index in [2.05, 4.69) is 15.3 Å². The van der Waals surface area contributed by atoms with Crippen LogP contribution in [-0.4, -0.2) is 40.3 Å². The van der Waals surface area contributed by atoms with Gasteiger partial charge in [-0.3, -0.25) is 14.6 Å². The number of aromatic nitrogens is 2. The van der Waals surface area contributed by atoms with E-state index in [0.29, 0.717) is 5.82 Å². The molecular weight excluding hydrogens is 292 g/mol. The molecule has 2 aromatic heterocycles. The standard InChI is InChI=1S/C17H18N4O2/c1-13-5-10-19-15(11-13)20-16(22)12-21(2)17(23)4-3-14-6-8-18-9-7-14/h3-11H,12H2,1-2H3,(H,19,20,22)/b4-3+. The molecule has 0 unspecified atom stereocenters. The minimum atomic E-state index is -0.295. The molecule has 0 spiro atoms. The Morgan fingerprint density at radius 2 is 1.96 bits per heavy atom.